The summed E-state index contributed by atoms with van der Waals surface area (Å²) in [6, 6.07) is 6.76. The highest BCUT2D eigenvalue weighted by Crippen LogP contribution is 2.30. The van der Waals surface area contributed by atoms with Crippen molar-refractivity contribution < 1.29 is 9.90 Å². The summed E-state index contributed by atoms with van der Waals surface area (Å²) < 4.78 is 0. The first-order valence-electron chi connectivity index (χ1n) is 6.78. The molecule has 1 aliphatic rings. The van der Waals surface area contributed by atoms with Crippen LogP contribution in [0.4, 0.5) is 0 Å². The first kappa shape index (κ1) is 13.9. The fourth-order valence-corrected chi connectivity index (χ4v) is 2.56. The van der Waals surface area contributed by atoms with Crippen LogP contribution in [0.25, 0.3) is 0 Å². The Morgan fingerprint density at radius 1 is 1.42 bits per heavy atom. The number of amides is 1. The molecule has 4 nitrogen and oxygen atoms in total. The molecule has 0 aromatic heterocycles. The van der Waals surface area contributed by atoms with E-state index in [-0.39, 0.29) is 23.1 Å². The molecule has 19 heavy (non-hydrogen) atoms. The highest BCUT2D eigenvalue weighted by molar-refractivity contribution is 5.82. The number of nitrogens with one attached hydrogen (secondary N) is 2. The van der Waals surface area contributed by atoms with E-state index in [1.54, 1.807) is 12.1 Å². The minimum absolute atomic E-state index is 0.00269. The van der Waals surface area contributed by atoms with Crippen molar-refractivity contribution in [3.8, 4) is 5.75 Å². The number of hydrogen-bond donors (Lipinski definition) is 3. The smallest absolute Gasteiger partial charge is 0.237 e. The van der Waals surface area contributed by atoms with E-state index >= 15 is 0 Å². The lowest BCUT2D eigenvalue weighted by molar-refractivity contribution is -0.126. The molecule has 1 aromatic rings. The number of carbonyl (C=O) groups is 1. The van der Waals surface area contributed by atoms with E-state index in [0.29, 0.717) is 6.54 Å². The van der Waals surface area contributed by atoms with Crippen LogP contribution in [0.15, 0.2) is 24.3 Å². The lowest BCUT2D eigenvalue weighted by Crippen LogP contribution is -2.55. The number of rotatable bonds is 3. The summed E-state index contributed by atoms with van der Waals surface area (Å²) in [5.74, 6) is 0.294. The van der Waals surface area contributed by atoms with Crippen LogP contribution < -0.4 is 10.6 Å². The number of phenolic OH excluding ortho intramolecular Hbond substituents is 1. The third-order valence-corrected chi connectivity index (χ3v) is 3.79. The van der Waals surface area contributed by atoms with Crippen molar-refractivity contribution in [1.82, 2.24) is 10.6 Å². The van der Waals surface area contributed by atoms with Crippen molar-refractivity contribution in [2.75, 3.05) is 6.54 Å². The van der Waals surface area contributed by atoms with Gasteiger partial charge in [-0.2, -0.15) is 0 Å². The fourth-order valence-electron chi connectivity index (χ4n) is 2.56. The van der Waals surface area contributed by atoms with Crippen LogP contribution in [-0.2, 0) is 11.3 Å². The number of benzene rings is 1. The fraction of sp³-hybridized carbons (Fsp3) is 0.533. The molecule has 3 N–H and O–H groups in total. The summed E-state index contributed by atoms with van der Waals surface area (Å²) in [6.45, 7) is 5.65. The molecule has 1 aromatic carbocycles. The van der Waals surface area contributed by atoms with Crippen LogP contribution in [0.5, 0.6) is 5.75 Å². The van der Waals surface area contributed by atoms with Gasteiger partial charge < -0.3 is 15.7 Å². The van der Waals surface area contributed by atoms with Gasteiger partial charge in [0.05, 0.1) is 6.04 Å². The van der Waals surface area contributed by atoms with Gasteiger partial charge in [-0.15, -0.1) is 0 Å². The van der Waals surface area contributed by atoms with Gasteiger partial charge in [-0.3, -0.25) is 4.79 Å². The number of carbonyl (C=O) groups excluding carboxylic acids is 1. The first-order chi connectivity index (χ1) is 8.99. The molecule has 1 atom stereocenters. The molecule has 104 valence electrons. The molecule has 0 spiro atoms. The average molecular weight is 262 g/mol. The molecule has 1 saturated heterocycles. The molecule has 1 aliphatic heterocycles. The molecule has 1 unspecified atom stereocenters. The van der Waals surface area contributed by atoms with Gasteiger partial charge in [-0.1, -0.05) is 26.0 Å². The van der Waals surface area contributed by atoms with Gasteiger partial charge in [0.1, 0.15) is 5.75 Å². The molecule has 1 fully saturated rings. The van der Waals surface area contributed by atoms with Gasteiger partial charge in [0, 0.05) is 6.54 Å². The number of aromatic hydroxyl groups is 1. The van der Waals surface area contributed by atoms with Gasteiger partial charge in [0.15, 0.2) is 0 Å². The third-order valence-electron chi connectivity index (χ3n) is 3.79. The van der Waals surface area contributed by atoms with E-state index in [9.17, 15) is 9.90 Å². The van der Waals surface area contributed by atoms with Crippen molar-refractivity contribution in [2.45, 2.75) is 39.3 Å². The maximum atomic E-state index is 12.2. The van der Waals surface area contributed by atoms with Gasteiger partial charge >= 0.3 is 0 Å². The first-order valence-corrected chi connectivity index (χ1v) is 6.78. The summed E-state index contributed by atoms with van der Waals surface area (Å²) in [4.78, 5) is 12.2. The lowest BCUT2D eigenvalue weighted by atomic mass is 9.77. The van der Waals surface area contributed by atoms with Gasteiger partial charge in [0.2, 0.25) is 5.91 Å². The second kappa shape index (κ2) is 5.61. The summed E-state index contributed by atoms with van der Waals surface area (Å²) in [6.07, 6.45) is 2.19. The zero-order valence-electron chi connectivity index (χ0n) is 11.6. The minimum Gasteiger partial charge on any atom is -0.508 e. The van der Waals surface area contributed by atoms with Crippen molar-refractivity contribution in [3.05, 3.63) is 29.8 Å². The summed E-state index contributed by atoms with van der Waals surface area (Å²) in [7, 11) is 0. The van der Waals surface area contributed by atoms with Crippen LogP contribution in [0, 0.1) is 5.41 Å². The van der Waals surface area contributed by atoms with Gasteiger partial charge in [-0.05, 0) is 42.5 Å². The van der Waals surface area contributed by atoms with E-state index in [0.717, 1.165) is 24.9 Å². The van der Waals surface area contributed by atoms with Crippen LogP contribution in [-0.4, -0.2) is 23.6 Å². The minimum atomic E-state index is -0.127. The Balaban J connectivity index is 1.92. The molecule has 0 radical (unpaired) electrons. The van der Waals surface area contributed by atoms with E-state index in [1.165, 1.54) is 0 Å². The number of phenols is 1. The van der Waals surface area contributed by atoms with Gasteiger partial charge in [0.25, 0.3) is 0 Å². The topological polar surface area (TPSA) is 61.4 Å². The zero-order chi connectivity index (χ0) is 13.9. The Morgan fingerprint density at radius 3 is 2.74 bits per heavy atom. The van der Waals surface area contributed by atoms with Crippen molar-refractivity contribution in [3.63, 3.8) is 0 Å². The van der Waals surface area contributed by atoms with Crippen LogP contribution in [0.3, 0.4) is 0 Å². The zero-order valence-corrected chi connectivity index (χ0v) is 11.6. The quantitative estimate of drug-likeness (QED) is 0.778. The van der Waals surface area contributed by atoms with Crippen LogP contribution >= 0.6 is 0 Å². The maximum Gasteiger partial charge on any atom is 0.237 e. The average Bonchev–Trinajstić information content (AvgIpc) is 2.37. The molecule has 4 heteroatoms. The monoisotopic (exact) mass is 262 g/mol. The summed E-state index contributed by atoms with van der Waals surface area (Å²) in [5.41, 5.74) is 0.983. The summed E-state index contributed by atoms with van der Waals surface area (Å²) in [5, 5.41) is 15.5. The van der Waals surface area contributed by atoms with Crippen molar-refractivity contribution in [1.29, 1.82) is 0 Å². The predicted octanol–water partition coefficient (Wildman–Crippen LogP) is 1.79. The Kier molecular flexibility index (Phi) is 4.10. The molecular formula is C15H22N2O2. The van der Waals surface area contributed by atoms with Gasteiger partial charge in [-0.25, -0.2) is 0 Å². The molecular weight excluding hydrogens is 240 g/mol. The predicted molar refractivity (Wildman–Crippen MR) is 74.8 cm³/mol. The summed E-state index contributed by atoms with van der Waals surface area (Å²) >= 11 is 0. The Bertz CT molecular complexity index is 440. The Morgan fingerprint density at radius 2 is 2.11 bits per heavy atom. The second-order valence-electron chi connectivity index (χ2n) is 5.86. The SMILES string of the molecule is CC1(C)CCCNC1C(=O)NCc1ccc(O)cc1. The largest absolute Gasteiger partial charge is 0.508 e. The Hall–Kier alpha value is -1.55. The Labute approximate surface area is 114 Å². The van der Waals surface area contributed by atoms with Crippen molar-refractivity contribution >= 4 is 5.91 Å². The van der Waals surface area contributed by atoms with E-state index in [2.05, 4.69) is 24.5 Å². The normalized spacial score (nSPS) is 21.9. The van der Waals surface area contributed by atoms with Crippen LogP contribution in [0.2, 0.25) is 0 Å². The van der Waals surface area contributed by atoms with E-state index in [1.807, 2.05) is 12.1 Å². The highest BCUT2D eigenvalue weighted by atomic mass is 16.3. The molecule has 0 saturated carbocycles. The molecule has 0 aliphatic carbocycles. The molecule has 2 rings (SSSR count). The standard InChI is InChI=1S/C15H22N2O2/c1-15(2)8-3-9-16-13(15)14(19)17-10-11-4-6-12(18)7-5-11/h4-7,13,16,18H,3,8-10H2,1-2H3,(H,17,19). The van der Waals surface area contributed by atoms with Crippen molar-refractivity contribution in [2.24, 2.45) is 5.41 Å². The van der Waals surface area contributed by atoms with Crippen LogP contribution in [0.1, 0.15) is 32.3 Å². The van der Waals surface area contributed by atoms with E-state index < -0.39 is 0 Å². The van der Waals surface area contributed by atoms with E-state index in [4.69, 9.17) is 0 Å². The third kappa shape index (κ3) is 3.47. The molecule has 0 bridgehead atoms. The molecule has 1 heterocycles. The number of hydrogen-bond acceptors (Lipinski definition) is 3. The number of piperidine rings is 1. The highest BCUT2D eigenvalue weighted by Gasteiger charge is 2.36. The second-order valence-corrected chi connectivity index (χ2v) is 5.86. The maximum absolute atomic E-state index is 12.2. The molecule has 1 amide bonds. The lowest BCUT2D eigenvalue weighted by Gasteiger charge is -2.38.